The van der Waals surface area contributed by atoms with Crippen LogP contribution < -0.4 is 5.32 Å². The van der Waals surface area contributed by atoms with Crippen molar-refractivity contribution in [2.45, 2.75) is 13.0 Å². The summed E-state index contributed by atoms with van der Waals surface area (Å²) < 4.78 is 0. The Balaban J connectivity index is 4.23. The minimum atomic E-state index is 0.00278. The zero-order valence-electron chi connectivity index (χ0n) is 6.71. The second-order valence-electron chi connectivity index (χ2n) is 2.11. The van der Waals surface area contributed by atoms with Crippen molar-refractivity contribution >= 4 is 6.41 Å². The van der Waals surface area contributed by atoms with E-state index in [-0.39, 0.29) is 6.04 Å². The Labute approximate surface area is 67.3 Å². The van der Waals surface area contributed by atoms with E-state index >= 15 is 0 Å². The standard InChI is InChI=1S/C9H13NO/c1-4-6-9(5-2)8(3)10-7-11/h4-8H,1-2H2,3H3,(H,10,11)/b9-6+. The van der Waals surface area contributed by atoms with E-state index < -0.39 is 0 Å². The van der Waals surface area contributed by atoms with E-state index in [1.165, 1.54) is 0 Å². The number of carbonyl (C=O) groups excluding carboxylic acids is 1. The monoisotopic (exact) mass is 151 g/mol. The summed E-state index contributed by atoms with van der Waals surface area (Å²) in [6.45, 7) is 9.04. The van der Waals surface area contributed by atoms with Gasteiger partial charge in [0, 0.05) is 0 Å². The van der Waals surface area contributed by atoms with Crippen molar-refractivity contribution in [1.82, 2.24) is 5.32 Å². The first-order chi connectivity index (χ1) is 5.26. The summed E-state index contributed by atoms with van der Waals surface area (Å²) in [6, 6.07) is 0.00278. The van der Waals surface area contributed by atoms with Crippen LogP contribution in [0.1, 0.15) is 6.92 Å². The SMILES string of the molecule is C=C/C=C(\C=C)C(C)NC=O. The minimum absolute atomic E-state index is 0.00278. The Morgan fingerprint density at radius 3 is 2.55 bits per heavy atom. The lowest BCUT2D eigenvalue weighted by atomic mass is 10.1. The molecule has 0 rings (SSSR count). The second-order valence-corrected chi connectivity index (χ2v) is 2.11. The van der Waals surface area contributed by atoms with Gasteiger partial charge in [0.1, 0.15) is 0 Å². The number of rotatable bonds is 5. The molecular formula is C9H13NO. The van der Waals surface area contributed by atoms with Crippen LogP contribution in [0.4, 0.5) is 0 Å². The molecule has 0 radical (unpaired) electrons. The smallest absolute Gasteiger partial charge is 0.207 e. The predicted molar refractivity (Wildman–Crippen MR) is 47.1 cm³/mol. The van der Waals surface area contributed by atoms with Crippen molar-refractivity contribution in [1.29, 1.82) is 0 Å². The van der Waals surface area contributed by atoms with Crippen LogP contribution in [0.15, 0.2) is 37.0 Å². The highest BCUT2D eigenvalue weighted by atomic mass is 16.1. The summed E-state index contributed by atoms with van der Waals surface area (Å²) in [5.41, 5.74) is 0.951. The van der Waals surface area contributed by atoms with Crippen molar-refractivity contribution in [2.24, 2.45) is 0 Å². The third kappa shape index (κ3) is 3.40. The van der Waals surface area contributed by atoms with E-state index in [4.69, 9.17) is 0 Å². The molecule has 1 amide bonds. The lowest BCUT2D eigenvalue weighted by Gasteiger charge is -2.09. The highest BCUT2D eigenvalue weighted by Crippen LogP contribution is 2.01. The first-order valence-corrected chi connectivity index (χ1v) is 3.41. The third-order valence-electron chi connectivity index (χ3n) is 1.36. The largest absolute Gasteiger partial charge is 0.352 e. The van der Waals surface area contributed by atoms with Crippen molar-refractivity contribution in [3.63, 3.8) is 0 Å². The summed E-state index contributed by atoms with van der Waals surface area (Å²) in [5.74, 6) is 0. The Morgan fingerprint density at radius 2 is 2.18 bits per heavy atom. The van der Waals surface area contributed by atoms with Crippen molar-refractivity contribution in [3.05, 3.63) is 37.0 Å². The van der Waals surface area contributed by atoms with Gasteiger partial charge < -0.3 is 5.32 Å². The first kappa shape index (κ1) is 9.69. The molecule has 0 heterocycles. The molecule has 0 aromatic carbocycles. The Bertz CT molecular complexity index is 182. The molecule has 0 saturated heterocycles. The van der Waals surface area contributed by atoms with Crippen LogP contribution in [-0.2, 0) is 4.79 Å². The van der Waals surface area contributed by atoms with E-state index in [1.807, 2.05) is 13.0 Å². The molecule has 0 bridgehead atoms. The average Bonchev–Trinajstić information content (AvgIpc) is 2.00. The van der Waals surface area contributed by atoms with Crippen LogP contribution >= 0.6 is 0 Å². The maximum atomic E-state index is 10.0. The van der Waals surface area contributed by atoms with Crippen molar-refractivity contribution in [2.75, 3.05) is 0 Å². The van der Waals surface area contributed by atoms with Gasteiger partial charge in [-0.2, -0.15) is 0 Å². The fourth-order valence-electron chi connectivity index (χ4n) is 0.724. The zero-order chi connectivity index (χ0) is 8.69. The van der Waals surface area contributed by atoms with Gasteiger partial charge in [0.25, 0.3) is 0 Å². The normalized spacial score (nSPS) is 13.4. The van der Waals surface area contributed by atoms with Crippen LogP contribution in [0, 0.1) is 0 Å². The molecule has 0 saturated carbocycles. The third-order valence-corrected chi connectivity index (χ3v) is 1.36. The van der Waals surface area contributed by atoms with Crippen molar-refractivity contribution < 1.29 is 4.79 Å². The number of carbonyl (C=O) groups is 1. The maximum Gasteiger partial charge on any atom is 0.207 e. The molecule has 0 aliphatic rings. The van der Waals surface area contributed by atoms with Crippen LogP contribution in [0.3, 0.4) is 0 Å². The van der Waals surface area contributed by atoms with Gasteiger partial charge in [0.05, 0.1) is 6.04 Å². The van der Waals surface area contributed by atoms with E-state index in [1.54, 1.807) is 12.2 Å². The van der Waals surface area contributed by atoms with Crippen LogP contribution in [0.5, 0.6) is 0 Å². The van der Waals surface area contributed by atoms with Gasteiger partial charge in [-0.05, 0) is 12.5 Å². The number of hydrogen-bond donors (Lipinski definition) is 1. The molecule has 1 unspecified atom stereocenters. The first-order valence-electron chi connectivity index (χ1n) is 3.41. The van der Waals surface area contributed by atoms with E-state index in [2.05, 4.69) is 18.5 Å². The molecule has 0 aromatic rings. The van der Waals surface area contributed by atoms with Gasteiger partial charge >= 0.3 is 0 Å². The fraction of sp³-hybridized carbons (Fsp3) is 0.222. The van der Waals surface area contributed by atoms with Gasteiger partial charge in [0.15, 0.2) is 0 Å². The van der Waals surface area contributed by atoms with E-state index in [9.17, 15) is 4.79 Å². The molecule has 1 N–H and O–H groups in total. The second kappa shape index (κ2) is 5.47. The molecule has 2 nitrogen and oxygen atoms in total. The number of amides is 1. The van der Waals surface area contributed by atoms with Gasteiger partial charge in [-0.15, -0.1) is 0 Å². The molecule has 60 valence electrons. The van der Waals surface area contributed by atoms with Gasteiger partial charge in [-0.3, -0.25) is 4.79 Å². The number of allylic oxidation sites excluding steroid dienone is 2. The van der Waals surface area contributed by atoms with Gasteiger partial charge in [-0.25, -0.2) is 0 Å². The molecule has 0 aliphatic carbocycles. The Kier molecular flexibility index (Phi) is 4.82. The highest BCUT2D eigenvalue weighted by molar-refractivity contribution is 5.48. The van der Waals surface area contributed by atoms with E-state index in [0.717, 1.165) is 5.57 Å². The predicted octanol–water partition coefficient (Wildman–Crippen LogP) is 1.42. The van der Waals surface area contributed by atoms with Crippen LogP contribution in [0.2, 0.25) is 0 Å². The maximum absolute atomic E-state index is 10.0. The molecule has 0 aliphatic heterocycles. The molecule has 1 atom stereocenters. The summed E-state index contributed by atoms with van der Waals surface area (Å²) in [5, 5.41) is 2.61. The lowest BCUT2D eigenvalue weighted by molar-refractivity contribution is -0.109. The topological polar surface area (TPSA) is 29.1 Å². The number of hydrogen-bond acceptors (Lipinski definition) is 1. The van der Waals surface area contributed by atoms with Gasteiger partial charge in [-0.1, -0.05) is 31.4 Å². The quantitative estimate of drug-likeness (QED) is 0.467. The highest BCUT2D eigenvalue weighted by Gasteiger charge is 2.00. The zero-order valence-corrected chi connectivity index (χ0v) is 6.71. The van der Waals surface area contributed by atoms with Crippen LogP contribution in [-0.4, -0.2) is 12.5 Å². The summed E-state index contributed by atoms with van der Waals surface area (Å²) in [7, 11) is 0. The molecule has 0 aromatic heterocycles. The number of nitrogens with one attached hydrogen (secondary N) is 1. The van der Waals surface area contributed by atoms with Crippen LogP contribution in [0.25, 0.3) is 0 Å². The van der Waals surface area contributed by atoms with Gasteiger partial charge in [0.2, 0.25) is 6.41 Å². The summed E-state index contributed by atoms with van der Waals surface area (Å²) >= 11 is 0. The fourth-order valence-corrected chi connectivity index (χ4v) is 0.724. The average molecular weight is 151 g/mol. The van der Waals surface area contributed by atoms with E-state index in [0.29, 0.717) is 6.41 Å². The summed E-state index contributed by atoms with van der Waals surface area (Å²) in [4.78, 5) is 10.0. The molecule has 0 spiro atoms. The van der Waals surface area contributed by atoms with Crippen molar-refractivity contribution in [3.8, 4) is 0 Å². The molecular weight excluding hydrogens is 138 g/mol. The Hall–Kier alpha value is -1.31. The lowest BCUT2D eigenvalue weighted by Crippen LogP contribution is -2.25. The molecule has 0 fully saturated rings. The minimum Gasteiger partial charge on any atom is -0.352 e. The summed E-state index contributed by atoms with van der Waals surface area (Å²) in [6.07, 6.45) is 5.85. The molecule has 11 heavy (non-hydrogen) atoms. The Morgan fingerprint density at radius 1 is 1.55 bits per heavy atom. The molecule has 2 heteroatoms.